The van der Waals surface area contributed by atoms with Crippen molar-refractivity contribution >= 4 is 5.69 Å². The zero-order chi connectivity index (χ0) is 12.7. The fourth-order valence-electron chi connectivity index (χ4n) is 2.16. The first kappa shape index (κ1) is 13.3. The van der Waals surface area contributed by atoms with Crippen LogP contribution in [0.15, 0.2) is 4.99 Å². The molecule has 0 N–H and O–H groups in total. The molecule has 0 amide bonds. The highest BCUT2D eigenvalue weighted by atomic mass is 15.2. The van der Waals surface area contributed by atoms with Crippen molar-refractivity contribution in [1.29, 1.82) is 0 Å². The SMILES string of the molecule is Cc1c(N(C(C)C)C(C)C)/c1=N/C(C)(C)C. The predicted octanol–water partition coefficient (Wildman–Crippen LogP) is 3.19. The van der Waals surface area contributed by atoms with Crippen molar-refractivity contribution in [3.05, 3.63) is 10.9 Å². The van der Waals surface area contributed by atoms with E-state index in [1.807, 2.05) is 0 Å². The standard InChI is InChI=1S/C14H26N2/c1-9(2)16(10(3)4)13-11(5)12(13)15-14(6,7)8/h9-10H,1-8H3/b15-12+. The smallest absolute Gasteiger partial charge is 0.0868 e. The molecule has 1 aromatic carbocycles. The Labute approximate surface area is 100 Å². The lowest BCUT2D eigenvalue weighted by Gasteiger charge is -2.30. The minimum Gasteiger partial charge on any atom is -0.365 e. The van der Waals surface area contributed by atoms with Gasteiger partial charge >= 0.3 is 0 Å². The minimum absolute atomic E-state index is 0.0258. The third-order valence-electron chi connectivity index (χ3n) is 2.69. The highest BCUT2D eigenvalue weighted by molar-refractivity contribution is 5.66. The average molecular weight is 222 g/mol. The Balaban J connectivity index is 3.03. The highest BCUT2D eigenvalue weighted by Gasteiger charge is 2.27. The van der Waals surface area contributed by atoms with Gasteiger partial charge in [-0.2, -0.15) is 0 Å². The van der Waals surface area contributed by atoms with E-state index in [2.05, 4.69) is 60.3 Å². The largest absolute Gasteiger partial charge is 0.365 e. The molecule has 0 aliphatic rings. The summed E-state index contributed by atoms with van der Waals surface area (Å²) in [6.45, 7) is 17.6. The van der Waals surface area contributed by atoms with Crippen LogP contribution in [-0.2, 0) is 0 Å². The summed E-state index contributed by atoms with van der Waals surface area (Å²) in [5, 5.41) is 1.23. The van der Waals surface area contributed by atoms with Crippen molar-refractivity contribution in [2.24, 2.45) is 4.99 Å². The molecule has 0 saturated carbocycles. The molecule has 0 fully saturated rings. The Bertz CT molecular complexity index is 363. The summed E-state index contributed by atoms with van der Waals surface area (Å²) < 4.78 is 0. The van der Waals surface area contributed by atoms with Crippen LogP contribution < -0.4 is 10.3 Å². The first-order valence-corrected chi connectivity index (χ1v) is 6.25. The van der Waals surface area contributed by atoms with Crippen molar-refractivity contribution in [3.63, 3.8) is 0 Å². The van der Waals surface area contributed by atoms with Gasteiger partial charge in [-0.1, -0.05) is 0 Å². The Morgan fingerprint density at radius 1 is 1.00 bits per heavy atom. The van der Waals surface area contributed by atoms with Crippen molar-refractivity contribution in [3.8, 4) is 0 Å². The number of anilines is 1. The van der Waals surface area contributed by atoms with Crippen molar-refractivity contribution in [1.82, 2.24) is 0 Å². The highest BCUT2D eigenvalue weighted by Crippen LogP contribution is 2.26. The molecule has 16 heavy (non-hydrogen) atoms. The maximum absolute atomic E-state index is 4.77. The van der Waals surface area contributed by atoms with Crippen LogP contribution in [0.25, 0.3) is 0 Å². The number of hydrogen-bond donors (Lipinski definition) is 0. The molecule has 0 aliphatic heterocycles. The molecule has 2 heteroatoms. The lowest BCUT2D eigenvalue weighted by atomic mass is 10.1. The monoisotopic (exact) mass is 222 g/mol. The topological polar surface area (TPSA) is 15.6 Å². The van der Waals surface area contributed by atoms with E-state index >= 15 is 0 Å². The van der Waals surface area contributed by atoms with Crippen molar-refractivity contribution < 1.29 is 0 Å². The molecule has 0 saturated heterocycles. The van der Waals surface area contributed by atoms with Crippen molar-refractivity contribution in [2.75, 3.05) is 4.90 Å². The minimum atomic E-state index is 0.0258. The molecular weight excluding hydrogens is 196 g/mol. The molecule has 0 bridgehead atoms. The van der Waals surface area contributed by atoms with Crippen molar-refractivity contribution in [2.45, 2.75) is 73.0 Å². The van der Waals surface area contributed by atoms with Gasteiger partial charge in [0.05, 0.1) is 16.6 Å². The quantitative estimate of drug-likeness (QED) is 0.767. The molecule has 0 heterocycles. The van der Waals surface area contributed by atoms with Crippen LogP contribution in [0, 0.1) is 6.92 Å². The van der Waals surface area contributed by atoms with E-state index in [0.717, 1.165) is 0 Å². The van der Waals surface area contributed by atoms with Gasteiger partial charge in [0.2, 0.25) is 0 Å². The van der Waals surface area contributed by atoms with Gasteiger partial charge in [0.25, 0.3) is 0 Å². The van der Waals surface area contributed by atoms with Gasteiger partial charge in [-0.3, -0.25) is 4.99 Å². The predicted molar refractivity (Wildman–Crippen MR) is 71.6 cm³/mol. The van der Waals surface area contributed by atoms with Gasteiger partial charge in [-0.25, -0.2) is 0 Å². The van der Waals surface area contributed by atoms with E-state index in [1.165, 1.54) is 16.6 Å². The van der Waals surface area contributed by atoms with Gasteiger partial charge in [-0.05, 0) is 55.4 Å². The van der Waals surface area contributed by atoms with Crippen LogP contribution in [-0.4, -0.2) is 17.6 Å². The Kier molecular flexibility index (Phi) is 3.51. The zero-order valence-electron chi connectivity index (χ0n) is 12.0. The van der Waals surface area contributed by atoms with Gasteiger partial charge < -0.3 is 4.90 Å². The average Bonchev–Trinajstić information content (AvgIpc) is 2.58. The first-order valence-electron chi connectivity index (χ1n) is 6.25. The van der Waals surface area contributed by atoms with E-state index in [1.54, 1.807) is 0 Å². The molecule has 0 atom stereocenters. The number of rotatable bonds is 3. The second-order valence-corrected chi connectivity index (χ2v) is 6.20. The van der Waals surface area contributed by atoms with Crippen LogP contribution in [0.2, 0.25) is 0 Å². The molecule has 0 spiro atoms. The van der Waals surface area contributed by atoms with Crippen LogP contribution in [0.4, 0.5) is 5.69 Å². The first-order chi connectivity index (χ1) is 7.15. The molecule has 1 rings (SSSR count). The second kappa shape index (κ2) is 4.23. The van der Waals surface area contributed by atoms with Gasteiger partial charge in [0, 0.05) is 17.6 Å². The van der Waals surface area contributed by atoms with E-state index in [-0.39, 0.29) is 5.54 Å². The summed E-state index contributed by atoms with van der Waals surface area (Å²) >= 11 is 0. The maximum Gasteiger partial charge on any atom is 0.0868 e. The third kappa shape index (κ3) is 2.87. The van der Waals surface area contributed by atoms with Crippen LogP contribution >= 0.6 is 0 Å². The second-order valence-electron chi connectivity index (χ2n) is 6.20. The Morgan fingerprint density at radius 2 is 1.44 bits per heavy atom. The van der Waals surface area contributed by atoms with Crippen LogP contribution in [0.3, 0.4) is 0 Å². The van der Waals surface area contributed by atoms with Crippen LogP contribution in [0.1, 0.15) is 54.0 Å². The normalized spacial score (nSPS) is 14.5. The lowest BCUT2D eigenvalue weighted by molar-refractivity contribution is 0.567. The van der Waals surface area contributed by atoms with E-state index in [4.69, 9.17) is 4.99 Å². The maximum atomic E-state index is 4.77. The molecule has 0 aromatic heterocycles. The molecular formula is C14H26N2. The Hall–Kier alpha value is -0.790. The summed E-state index contributed by atoms with van der Waals surface area (Å²) in [6.07, 6.45) is 0. The molecule has 0 aliphatic carbocycles. The summed E-state index contributed by atoms with van der Waals surface area (Å²) in [6, 6.07) is 1.08. The molecule has 92 valence electrons. The fourth-order valence-corrected chi connectivity index (χ4v) is 2.16. The van der Waals surface area contributed by atoms with E-state index < -0.39 is 0 Å². The number of nitrogens with zero attached hydrogens (tertiary/aromatic N) is 2. The fraction of sp³-hybridized carbons (Fsp3) is 0.786. The molecule has 1 aromatic rings. The number of hydrogen-bond acceptors (Lipinski definition) is 2. The Morgan fingerprint density at radius 3 is 1.75 bits per heavy atom. The van der Waals surface area contributed by atoms with Gasteiger partial charge in [0.15, 0.2) is 0 Å². The van der Waals surface area contributed by atoms with E-state index in [9.17, 15) is 0 Å². The summed E-state index contributed by atoms with van der Waals surface area (Å²) in [7, 11) is 0. The van der Waals surface area contributed by atoms with Gasteiger partial charge in [0.1, 0.15) is 0 Å². The van der Waals surface area contributed by atoms with Gasteiger partial charge in [-0.15, -0.1) is 0 Å². The zero-order valence-corrected chi connectivity index (χ0v) is 12.0. The summed E-state index contributed by atoms with van der Waals surface area (Å²) in [5.74, 6) is 0. The third-order valence-corrected chi connectivity index (χ3v) is 2.69. The lowest BCUT2D eigenvalue weighted by Crippen LogP contribution is -2.36. The summed E-state index contributed by atoms with van der Waals surface area (Å²) in [5.41, 5.74) is 2.77. The van der Waals surface area contributed by atoms with E-state index in [0.29, 0.717) is 12.1 Å². The summed E-state index contributed by atoms with van der Waals surface area (Å²) in [4.78, 5) is 7.23. The van der Waals surface area contributed by atoms with Crippen LogP contribution in [0.5, 0.6) is 0 Å². The molecule has 2 nitrogen and oxygen atoms in total. The molecule has 0 unspecified atom stereocenters. The molecule has 0 radical (unpaired) electrons.